The molecule has 0 bridgehead atoms. The van der Waals surface area contributed by atoms with Gasteiger partial charge in [0.2, 0.25) is 0 Å². The molecular formula is C14H13N3O3. The smallest absolute Gasteiger partial charge is 0.269 e. The number of nitrogens with one attached hydrogen (secondary N) is 1. The van der Waals surface area contributed by atoms with Crippen molar-refractivity contribution in [3.8, 4) is 11.5 Å². The number of ether oxygens (including phenoxy) is 1. The standard InChI is InChI=1S/C14H13N3O3/c1-9-8-12(6-7-13(9)14(15)16)20-11-4-2-10(3-5-11)17(18)19/h2-8H,1H3,(H3,15,16). The molecule has 2 rings (SSSR count). The molecule has 0 saturated heterocycles. The van der Waals surface area contributed by atoms with Gasteiger partial charge in [-0.15, -0.1) is 0 Å². The van der Waals surface area contributed by atoms with Gasteiger partial charge in [-0.05, 0) is 42.8 Å². The maximum Gasteiger partial charge on any atom is 0.269 e. The number of nitro benzene ring substituents is 1. The zero-order valence-electron chi connectivity index (χ0n) is 10.8. The Morgan fingerprint density at radius 2 is 1.80 bits per heavy atom. The van der Waals surface area contributed by atoms with Crippen molar-refractivity contribution in [1.82, 2.24) is 0 Å². The van der Waals surface area contributed by atoms with Gasteiger partial charge in [-0.1, -0.05) is 0 Å². The van der Waals surface area contributed by atoms with Crippen molar-refractivity contribution in [3.05, 3.63) is 63.7 Å². The minimum Gasteiger partial charge on any atom is -0.457 e. The fourth-order valence-electron chi connectivity index (χ4n) is 1.77. The highest BCUT2D eigenvalue weighted by Crippen LogP contribution is 2.25. The summed E-state index contributed by atoms with van der Waals surface area (Å²) in [6.45, 7) is 1.83. The summed E-state index contributed by atoms with van der Waals surface area (Å²) in [6, 6.07) is 11.0. The van der Waals surface area contributed by atoms with Gasteiger partial charge in [0.1, 0.15) is 17.3 Å². The number of hydrogen-bond acceptors (Lipinski definition) is 4. The van der Waals surface area contributed by atoms with E-state index in [1.54, 1.807) is 18.2 Å². The van der Waals surface area contributed by atoms with Crippen LogP contribution >= 0.6 is 0 Å². The van der Waals surface area contributed by atoms with Gasteiger partial charge in [0.15, 0.2) is 0 Å². The number of benzene rings is 2. The van der Waals surface area contributed by atoms with Crippen LogP contribution in [0.4, 0.5) is 5.69 Å². The Bertz CT molecular complexity index is 666. The number of nitrogen functional groups attached to an aromatic ring is 1. The first-order valence-corrected chi connectivity index (χ1v) is 5.85. The topological polar surface area (TPSA) is 102 Å². The summed E-state index contributed by atoms with van der Waals surface area (Å²) in [6.07, 6.45) is 0. The second-order valence-corrected chi connectivity index (χ2v) is 4.24. The molecule has 0 fully saturated rings. The fraction of sp³-hybridized carbons (Fsp3) is 0.0714. The Balaban J connectivity index is 2.19. The van der Waals surface area contributed by atoms with Crippen LogP contribution < -0.4 is 10.5 Å². The van der Waals surface area contributed by atoms with Crippen molar-refractivity contribution in [2.75, 3.05) is 0 Å². The molecule has 3 N–H and O–H groups in total. The second-order valence-electron chi connectivity index (χ2n) is 4.24. The van der Waals surface area contributed by atoms with Crippen molar-refractivity contribution in [2.45, 2.75) is 6.92 Å². The predicted octanol–water partition coefficient (Wildman–Crippen LogP) is 2.98. The van der Waals surface area contributed by atoms with Crippen LogP contribution in [0.3, 0.4) is 0 Å². The Kier molecular flexibility index (Phi) is 3.65. The van der Waals surface area contributed by atoms with Gasteiger partial charge in [-0.3, -0.25) is 15.5 Å². The first-order valence-electron chi connectivity index (χ1n) is 5.85. The van der Waals surface area contributed by atoms with Crippen molar-refractivity contribution in [3.63, 3.8) is 0 Å². The molecule has 0 saturated carbocycles. The molecule has 0 aliphatic rings. The number of nitrogens with two attached hydrogens (primary N) is 1. The average molecular weight is 271 g/mol. The zero-order valence-corrected chi connectivity index (χ0v) is 10.8. The highest BCUT2D eigenvalue weighted by Gasteiger charge is 2.07. The summed E-state index contributed by atoms with van der Waals surface area (Å²) >= 11 is 0. The van der Waals surface area contributed by atoms with Crippen molar-refractivity contribution < 1.29 is 9.66 Å². The molecule has 0 amide bonds. The van der Waals surface area contributed by atoms with E-state index in [1.165, 1.54) is 24.3 Å². The third-order valence-electron chi connectivity index (χ3n) is 2.77. The van der Waals surface area contributed by atoms with E-state index < -0.39 is 4.92 Å². The summed E-state index contributed by atoms with van der Waals surface area (Å²) in [5.74, 6) is 1.09. The minimum absolute atomic E-state index is 0.00406. The van der Waals surface area contributed by atoms with Crippen LogP contribution in [-0.2, 0) is 0 Å². The van der Waals surface area contributed by atoms with E-state index in [0.29, 0.717) is 17.1 Å². The molecule has 102 valence electrons. The normalized spacial score (nSPS) is 10.1. The highest BCUT2D eigenvalue weighted by atomic mass is 16.6. The monoisotopic (exact) mass is 271 g/mol. The van der Waals surface area contributed by atoms with Gasteiger partial charge in [0.05, 0.1) is 4.92 Å². The summed E-state index contributed by atoms with van der Waals surface area (Å²) < 4.78 is 5.59. The molecule has 6 heteroatoms. The molecule has 0 heterocycles. The number of hydrogen-bond donors (Lipinski definition) is 2. The summed E-state index contributed by atoms with van der Waals surface area (Å²) in [4.78, 5) is 10.1. The summed E-state index contributed by atoms with van der Waals surface area (Å²) in [7, 11) is 0. The van der Waals surface area contributed by atoms with Crippen LogP contribution in [0.2, 0.25) is 0 Å². The lowest BCUT2D eigenvalue weighted by molar-refractivity contribution is -0.384. The van der Waals surface area contributed by atoms with Crippen LogP contribution in [0, 0.1) is 22.4 Å². The fourth-order valence-corrected chi connectivity index (χ4v) is 1.77. The van der Waals surface area contributed by atoms with Crippen molar-refractivity contribution >= 4 is 11.5 Å². The Morgan fingerprint density at radius 1 is 1.20 bits per heavy atom. The van der Waals surface area contributed by atoms with Crippen molar-refractivity contribution in [2.24, 2.45) is 5.73 Å². The van der Waals surface area contributed by atoms with E-state index in [9.17, 15) is 10.1 Å². The Morgan fingerprint density at radius 3 is 2.30 bits per heavy atom. The largest absolute Gasteiger partial charge is 0.457 e. The molecule has 0 atom stereocenters. The summed E-state index contributed by atoms with van der Waals surface area (Å²) in [5.41, 5.74) is 6.94. The molecule has 0 aliphatic carbocycles. The van der Waals surface area contributed by atoms with Crippen LogP contribution in [0.5, 0.6) is 11.5 Å². The van der Waals surface area contributed by atoms with Crippen LogP contribution in [0.25, 0.3) is 0 Å². The van der Waals surface area contributed by atoms with Crippen LogP contribution in [0.15, 0.2) is 42.5 Å². The molecule has 0 radical (unpaired) electrons. The highest BCUT2D eigenvalue weighted by molar-refractivity contribution is 5.96. The SMILES string of the molecule is Cc1cc(Oc2ccc([N+](=O)[O-])cc2)ccc1C(=N)N. The lowest BCUT2D eigenvalue weighted by Gasteiger charge is -2.09. The third-order valence-corrected chi connectivity index (χ3v) is 2.77. The van der Waals surface area contributed by atoms with Crippen LogP contribution in [0.1, 0.15) is 11.1 Å². The predicted molar refractivity (Wildman–Crippen MR) is 75.4 cm³/mol. The van der Waals surface area contributed by atoms with E-state index in [-0.39, 0.29) is 11.5 Å². The molecule has 2 aromatic rings. The third kappa shape index (κ3) is 2.92. The van der Waals surface area contributed by atoms with Gasteiger partial charge in [0, 0.05) is 17.7 Å². The van der Waals surface area contributed by atoms with Gasteiger partial charge < -0.3 is 10.5 Å². The van der Waals surface area contributed by atoms with Crippen LogP contribution in [-0.4, -0.2) is 10.8 Å². The van der Waals surface area contributed by atoms with E-state index in [1.807, 2.05) is 6.92 Å². The van der Waals surface area contributed by atoms with E-state index in [4.69, 9.17) is 15.9 Å². The Hall–Kier alpha value is -2.89. The molecule has 0 spiro atoms. The first-order chi connectivity index (χ1) is 9.47. The van der Waals surface area contributed by atoms with Gasteiger partial charge in [-0.25, -0.2) is 0 Å². The molecule has 0 aromatic heterocycles. The van der Waals surface area contributed by atoms with Gasteiger partial charge in [-0.2, -0.15) is 0 Å². The number of aryl methyl sites for hydroxylation is 1. The minimum atomic E-state index is -0.463. The molecule has 6 nitrogen and oxygen atoms in total. The van der Waals surface area contributed by atoms with E-state index >= 15 is 0 Å². The van der Waals surface area contributed by atoms with Crippen molar-refractivity contribution in [1.29, 1.82) is 5.41 Å². The van der Waals surface area contributed by atoms with Gasteiger partial charge >= 0.3 is 0 Å². The number of non-ortho nitro benzene ring substituents is 1. The molecule has 20 heavy (non-hydrogen) atoms. The number of rotatable bonds is 4. The quantitative estimate of drug-likeness (QED) is 0.386. The number of amidine groups is 1. The second kappa shape index (κ2) is 5.40. The maximum atomic E-state index is 10.5. The Labute approximate surface area is 115 Å². The molecule has 0 unspecified atom stereocenters. The maximum absolute atomic E-state index is 10.5. The number of nitro groups is 1. The summed E-state index contributed by atoms with van der Waals surface area (Å²) in [5, 5.41) is 18.0. The zero-order chi connectivity index (χ0) is 14.7. The number of nitrogens with zero attached hydrogens (tertiary/aromatic N) is 1. The lowest BCUT2D eigenvalue weighted by Crippen LogP contribution is -2.12. The van der Waals surface area contributed by atoms with Gasteiger partial charge in [0.25, 0.3) is 5.69 Å². The molecular weight excluding hydrogens is 258 g/mol. The van der Waals surface area contributed by atoms with E-state index in [2.05, 4.69) is 0 Å². The first kappa shape index (κ1) is 13.5. The van der Waals surface area contributed by atoms with E-state index in [0.717, 1.165) is 5.56 Å². The average Bonchev–Trinajstić information content (AvgIpc) is 2.39. The molecule has 0 aliphatic heterocycles. The molecule has 2 aromatic carbocycles. The lowest BCUT2D eigenvalue weighted by atomic mass is 10.1.